The van der Waals surface area contributed by atoms with Crippen molar-refractivity contribution < 1.29 is 28.0 Å². The molecule has 9 heteroatoms. The van der Waals surface area contributed by atoms with Crippen molar-refractivity contribution in [3.63, 3.8) is 0 Å². The van der Waals surface area contributed by atoms with Crippen LogP contribution in [0.15, 0.2) is 24.3 Å². The largest absolute Gasteiger partial charge is 0.573 e. The van der Waals surface area contributed by atoms with E-state index in [-0.39, 0.29) is 11.8 Å². The highest BCUT2D eigenvalue weighted by molar-refractivity contribution is 6.40. The van der Waals surface area contributed by atoms with Gasteiger partial charge >= 0.3 is 13.5 Å². The number of nitrogens with zero attached hydrogens (tertiary/aromatic N) is 1. The fraction of sp³-hybridized carbons (Fsp3) is 0.667. The van der Waals surface area contributed by atoms with Crippen molar-refractivity contribution >= 4 is 7.12 Å². The minimum Gasteiger partial charge on any atom is -0.427 e. The number of alkyl halides is 3. The summed E-state index contributed by atoms with van der Waals surface area (Å²) in [5.74, 6) is 0.241. The zero-order valence-electron chi connectivity index (χ0n) is 15.4. The Morgan fingerprint density at radius 2 is 1.93 bits per heavy atom. The number of likely N-dealkylation sites (tertiary alicyclic amines) is 1. The van der Waals surface area contributed by atoms with E-state index in [1.54, 1.807) is 12.1 Å². The second-order valence-electron chi connectivity index (χ2n) is 7.24. The first kappa shape index (κ1) is 22.0. The molecule has 1 heterocycles. The van der Waals surface area contributed by atoms with E-state index in [1.807, 2.05) is 0 Å². The molecule has 2 rings (SSSR count). The van der Waals surface area contributed by atoms with E-state index in [2.05, 4.69) is 9.64 Å². The molecular formula is C18H28BF3N2O3. The molecule has 4 N–H and O–H groups in total. The molecule has 1 aromatic rings. The quantitative estimate of drug-likeness (QED) is 0.448. The fourth-order valence-electron chi connectivity index (χ4n) is 3.58. The van der Waals surface area contributed by atoms with Gasteiger partial charge in [0.15, 0.2) is 0 Å². The molecule has 1 fully saturated rings. The Hall–Kier alpha value is -1.29. The summed E-state index contributed by atoms with van der Waals surface area (Å²) in [4.78, 5) is 2.22. The lowest BCUT2D eigenvalue weighted by atomic mass is 9.82. The predicted molar refractivity (Wildman–Crippen MR) is 98.0 cm³/mol. The summed E-state index contributed by atoms with van der Waals surface area (Å²) in [6.07, 6.45) is 0.121. The molecule has 0 saturated carbocycles. The number of piperidine rings is 1. The number of halogens is 3. The zero-order valence-corrected chi connectivity index (χ0v) is 15.4. The lowest BCUT2D eigenvalue weighted by molar-refractivity contribution is -0.274. The molecule has 1 saturated heterocycles. The van der Waals surface area contributed by atoms with Gasteiger partial charge in [-0.2, -0.15) is 0 Å². The highest BCUT2D eigenvalue weighted by Gasteiger charge is 2.31. The number of benzene rings is 1. The van der Waals surface area contributed by atoms with Crippen LogP contribution in [0.5, 0.6) is 5.75 Å². The molecular weight excluding hydrogens is 360 g/mol. The van der Waals surface area contributed by atoms with Gasteiger partial charge in [0.1, 0.15) is 5.75 Å². The maximum absolute atomic E-state index is 12.3. The topological polar surface area (TPSA) is 79.0 Å². The van der Waals surface area contributed by atoms with Crippen molar-refractivity contribution in [3.8, 4) is 5.75 Å². The van der Waals surface area contributed by atoms with Crippen molar-refractivity contribution in [1.29, 1.82) is 0 Å². The van der Waals surface area contributed by atoms with Crippen LogP contribution in [0, 0.1) is 5.92 Å². The number of ether oxygens (including phenoxy) is 1. The molecule has 1 aliphatic rings. The molecule has 0 aromatic heterocycles. The summed E-state index contributed by atoms with van der Waals surface area (Å²) in [5.41, 5.74) is 7.07. The molecule has 5 nitrogen and oxygen atoms in total. The lowest BCUT2D eigenvalue weighted by Gasteiger charge is -2.35. The van der Waals surface area contributed by atoms with Crippen LogP contribution in [-0.2, 0) is 6.54 Å². The van der Waals surface area contributed by atoms with Crippen molar-refractivity contribution in [3.05, 3.63) is 29.8 Å². The maximum Gasteiger partial charge on any atom is 0.573 e. The predicted octanol–water partition coefficient (Wildman–Crippen LogP) is 2.77. The summed E-state index contributed by atoms with van der Waals surface area (Å²) in [7, 11) is -1.25. The van der Waals surface area contributed by atoms with Crippen molar-refractivity contribution in [1.82, 2.24) is 4.90 Å². The molecule has 1 unspecified atom stereocenters. The number of nitrogens with two attached hydrogens (primary N) is 1. The Morgan fingerprint density at radius 1 is 1.22 bits per heavy atom. The Kier molecular flexibility index (Phi) is 8.41. The minimum atomic E-state index is -4.68. The number of hydrogen-bond acceptors (Lipinski definition) is 5. The SMILES string of the molecule is NC(CCCCB(O)O)C1CCN(Cc2cccc(OC(F)(F)F)c2)CC1. The lowest BCUT2D eigenvalue weighted by Crippen LogP contribution is -2.40. The third-order valence-electron chi connectivity index (χ3n) is 5.03. The van der Waals surface area contributed by atoms with Gasteiger partial charge in [-0.05, 0) is 62.3 Å². The van der Waals surface area contributed by atoms with Gasteiger partial charge in [0.05, 0.1) is 0 Å². The second kappa shape index (κ2) is 10.3. The van der Waals surface area contributed by atoms with Gasteiger partial charge in [0, 0.05) is 12.6 Å². The van der Waals surface area contributed by atoms with Gasteiger partial charge in [-0.3, -0.25) is 4.90 Å². The first-order valence-corrected chi connectivity index (χ1v) is 9.41. The van der Waals surface area contributed by atoms with Crippen LogP contribution < -0.4 is 10.5 Å². The number of unbranched alkanes of at least 4 members (excludes halogenated alkanes) is 1. The normalized spacial score (nSPS) is 17.7. The third kappa shape index (κ3) is 8.51. The Labute approximate surface area is 158 Å². The standard InChI is InChI=1S/C18H28BF3N2O3/c20-18(21,22)27-16-5-3-4-14(12-16)13-24-10-7-15(8-11-24)17(23)6-1-2-9-19(25)26/h3-5,12,15,17,25-26H,1-2,6-11,13,23H2. The molecule has 0 spiro atoms. The van der Waals surface area contributed by atoms with Gasteiger partial charge < -0.3 is 20.5 Å². The van der Waals surface area contributed by atoms with E-state index in [1.165, 1.54) is 12.1 Å². The van der Waals surface area contributed by atoms with E-state index in [9.17, 15) is 13.2 Å². The van der Waals surface area contributed by atoms with Gasteiger partial charge in [0.25, 0.3) is 0 Å². The first-order chi connectivity index (χ1) is 12.7. The number of hydrogen-bond donors (Lipinski definition) is 3. The highest BCUT2D eigenvalue weighted by atomic mass is 19.4. The molecule has 0 amide bonds. The molecule has 152 valence electrons. The third-order valence-corrected chi connectivity index (χ3v) is 5.03. The molecule has 1 atom stereocenters. The molecule has 27 heavy (non-hydrogen) atoms. The Balaban J connectivity index is 1.73. The summed E-state index contributed by atoms with van der Waals surface area (Å²) < 4.78 is 41.0. The zero-order chi connectivity index (χ0) is 19.9. The average Bonchev–Trinajstić information content (AvgIpc) is 2.58. The summed E-state index contributed by atoms with van der Waals surface area (Å²) >= 11 is 0. The molecule has 0 radical (unpaired) electrons. The first-order valence-electron chi connectivity index (χ1n) is 9.41. The van der Waals surface area contributed by atoms with E-state index in [0.717, 1.165) is 50.8 Å². The summed E-state index contributed by atoms with van der Waals surface area (Å²) in [6.45, 7) is 2.31. The van der Waals surface area contributed by atoms with E-state index >= 15 is 0 Å². The highest BCUT2D eigenvalue weighted by Crippen LogP contribution is 2.26. The van der Waals surface area contributed by atoms with Crippen molar-refractivity contribution in [2.24, 2.45) is 11.7 Å². The van der Waals surface area contributed by atoms with Crippen LogP contribution >= 0.6 is 0 Å². The fourth-order valence-corrected chi connectivity index (χ4v) is 3.58. The van der Waals surface area contributed by atoms with Crippen LogP contribution in [0.2, 0.25) is 6.32 Å². The van der Waals surface area contributed by atoms with Crippen LogP contribution in [-0.4, -0.2) is 47.6 Å². The Bertz CT molecular complexity index is 567. The van der Waals surface area contributed by atoms with E-state index in [4.69, 9.17) is 15.8 Å². The van der Waals surface area contributed by atoms with Crippen molar-refractivity contribution in [2.75, 3.05) is 13.1 Å². The van der Waals surface area contributed by atoms with Crippen LogP contribution in [0.3, 0.4) is 0 Å². The molecule has 1 aromatic carbocycles. The van der Waals surface area contributed by atoms with Crippen molar-refractivity contribution in [2.45, 2.75) is 57.4 Å². The van der Waals surface area contributed by atoms with Gasteiger partial charge in [-0.25, -0.2) is 0 Å². The Morgan fingerprint density at radius 3 is 2.56 bits per heavy atom. The average molecular weight is 388 g/mol. The summed E-state index contributed by atoms with van der Waals surface area (Å²) in [5, 5.41) is 17.7. The molecule has 0 aliphatic carbocycles. The second-order valence-corrected chi connectivity index (χ2v) is 7.24. The molecule has 0 bridgehead atoms. The van der Waals surface area contributed by atoms with Crippen LogP contribution in [0.4, 0.5) is 13.2 Å². The summed E-state index contributed by atoms with van der Waals surface area (Å²) in [6, 6.07) is 6.21. The van der Waals surface area contributed by atoms with Crippen LogP contribution in [0.1, 0.15) is 37.7 Å². The van der Waals surface area contributed by atoms with E-state index in [0.29, 0.717) is 18.8 Å². The van der Waals surface area contributed by atoms with Crippen LogP contribution in [0.25, 0.3) is 0 Å². The minimum absolute atomic E-state index is 0.103. The van der Waals surface area contributed by atoms with Gasteiger partial charge in [-0.1, -0.05) is 25.0 Å². The van der Waals surface area contributed by atoms with E-state index < -0.39 is 13.5 Å². The molecule has 1 aliphatic heterocycles. The van der Waals surface area contributed by atoms with Gasteiger partial charge in [0.2, 0.25) is 0 Å². The maximum atomic E-state index is 12.3. The van der Waals surface area contributed by atoms with Gasteiger partial charge in [-0.15, -0.1) is 13.2 Å². The monoisotopic (exact) mass is 388 g/mol. The number of rotatable bonds is 9. The smallest absolute Gasteiger partial charge is 0.427 e.